The Morgan fingerprint density at radius 3 is 2.94 bits per heavy atom. The molecule has 0 aromatic carbocycles. The Labute approximate surface area is 99.8 Å². The van der Waals surface area contributed by atoms with E-state index in [0.29, 0.717) is 12.3 Å². The second-order valence-electron chi connectivity index (χ2n) is 4.85. The topological polar surface area (TPSA) is 90.9 Å². The highest BCUT2D eigenvalue weighted by atomic mass is 16.3. The number of aliphatic hydroxyl groups is 1. The summed E-state index contributed by atoms with van der Waals surface area (Å²) in [6, 6.07) is 0. The first-order valence-corrected chi connectivity index (χ1v) is 5.95. The summed E-state index contributed by atoms with van der Waals surface area (Å²) in [7, 11) is 0. The lowest BCUT2D eigenvalue weighted by Crippen LogP contribution is -2.40. The van der Waals surface area contributed by atoms with Crippen LogP contribution < -0.4 is 5.32 Å². The van der Waals surface area contributed by atoms with Gasteiger partial charge in [-0.2, -0.15) is 0 Å². The Hall–Kier alpha value is -1.43. The molecule has 1 atom stereocenters. The first-order chi connectivity index (χ1) is 8.02. The van der Waals surface area contributed by atoms with Crippen molar-refractivity contribution in [3.63, 3.8) is 0 Å². The van der Waals surface area contributed by atoms with Gasteiger partial charge in [0.25, 0.3) is 5.91 Å². The molecule has 1 unspecified atom stereocenters. The fourth-order valence-corrected chi connectivity index (χ4v) is 1.39. The molecule has 0 saturated heterocycles. The van der Waals surface area contributed by atoms with Gasteiger partial charge in [0, 0.05) is 12.5 Å². The maximum atomic E-state index is 11.7. The summed E-state index contributed by atoms with van der Waals surface area (Å²) >= 11 is 0. The minimum atomic E-state index is -0.884. The summed E-state index contributed by atoms with van der Waals surface area (Å²) in [4.78, 5) is 15.8. The van der Waals surface area contributed by atoms with Crippen molar-refractivity contribution in [3.05, 3.63) is 11.6 Å². The van der Waals surface area contributed by atoms with Crippen molar-refractivity contribution in [2.24, 2.45) is 0 Å². The van der Waals surface area contributed by atoms with Crippen LogP contribution in [0.5, 0.6) is 0 Å². The Morgan fingerprint density at radius 2 is 2.35 bits per heavy atom. The number of hydrogen-bond donors (Lipinski definition) is 3. The van der Waals surface area contributed by atoms with Gasteiger partial charge in [0.2, 0.25) is 5.82 Å². The van der Waals surface area contributed by atoms with E-state index in [0.717, 1.165) is 18.7 Å². The zero-order valence-corrected chi connectivity index (χ0v) is 10.2. The highest BCUT2D eigenvalue weighted by Crippen LogP contribution is 2.37. The van der Waals surface area contributed by atoms with Gasteiger partial charge in [0.05, 0.1) is 5.60 Å². The van der Waals surface area contributed by atoms with Gasteiger partial charge in [0.15, 0.2) is 0 Å². The third-order valence-corrected chi connectivity index (χ3v) is 3.06. The molecule has 1 heterocycles. The van der Waals surface area contributed by atoms with Crippen molar-refractivity contribution >= 4 is 5.91 Å². The molecule has 3 N–H and O–H groups in total. The molecule has 0 bridgehead atoms. The molecule has 1 aliphatic carbocycles. The highest BCUT2D eigenvalue weighted by Gasteiger charge is 2.28. The lowest BCUT2D eigenvalue weighted by molar-refractivity contribution is 0.0515. The maximum absolute atomic E-state index is 11.7. The van der Waals surface area contributed by atoms with Gasteiger partial charge in [-0.1, -0.05) is 6.92 Å². The molecule has 0 radical (unpaired) electrons. The molecule has 1 aromatic heterocycles. The van der Waals surface area contributed by atoms with E-state index in [4.69, 9.17) is 0 Å². The summed E-state index contributed by atoms with van der Waals surface area (Å²) in [6.07, 6.45) is 2.80. The lowest BCUT2D eigenvalue weighted by atomic mass is 10.0. The van der Waals surface area contributed by atoms with Gasteiger partial charge in [-0.25, -0.2) is 4.98 Å². The Bertz CT molecular complexity index is 409. The van der Waals surface area contributed by atoms with Crippen molar-refractivity contribution < 1.29 is 9.90 Å². The predicted molar refractivity (Wildman–Crippen MR) is 61.6 cm³/mol. The van der Waals surface area contributed by atoms with Crippen LogP contribution in [0.4, 0.5) is 0 Å². The number of H-pyrrole nitrogens is 1. The highest BCUT2D eigenvalue weighted by molar-refractivity contribution is 5.90. The summed E-state index contributed by atoms with van der Waals surface area (Å²) < 4.78 is 0. The minimum absolute atomic E-state index is 0.152. The molecule has 1 saturated carbocycles. The van der Waals surface area contributed by atoms with Crippen molar-refractivity contribution in [1.29, 1.82) is 0 Å². The van der Waals surface area contributed by atoms with Crippen LogP contribution in [-0.4, -0.2) is 38.3 Å². The normalized spacial score (nSPS) is 18.8. The number of aromatic amines is 1. The van der Waals surface area contributed by atoms with Crippen molar-refractivity contribution in [3.8, 4) is 0 Å². The molecule has 0 aliphatic heterocycles. The third-order valence-electron chi connectivity index (χ3n) is 3.06. The lowest BCUT2D eigenvalue weighted by Gasteiger charge is -2.20. The summed E-state index contributed by atoms with van der Waals surface area (Å²) in [5, 5.41) is 19.0. The Balaban J connectivity index is 1.90. The molecule has 1 aliphatic rings. The number of carbonyl (C=O) groups is 1. The van der Waals surface area contributed by atoms with Crippen LogP contribution in [0.2, 0.25) is 0 Å². The van der Waals surface area contributed by atoms with E-state index in [-0.39, 0.29) is 18.3 Å². The van der Waals surface area contributed by atoms with E-state index in [2.05, 4.69) is 20.5 Å². The Kier molecular flexibility index (Phi) is 3.15. The predicted octanol–water partition coefficient (Wildman–Crippen LogP) is 0.573. The third kappa shape index (κ3) is 3.03. The first-order valence-electron chi connectivity index (χ1n) is 5.95. The van der Waals surface area contributed by atoms with Crippen molar-refractivity contribution in [1.82, 2.24) is 20.5 Å². The zero-order chi connectivity index (χ0) is 12.5. The number of rotatable bonds is 5. The molecule has 0 spiro atoms. The van der Waals surface area contributed by atoms with Crippen molar-refractivity contribution in [2.75, 3.05) is 6.54 Å². The molecule has 1 amide bonds. The SMILES string of the molecule is CCC(C)(O)CNC(=O)c1n[nH]c(C2CC2)n1. The fourth-order valence-electron chi connectivity index (χ4n) is 1.39. The van der Waals surface area contributed by atoms with Crippen LogP contribution in [-0.2, 0) is 0 Å². The van der Waals surface area contributed by atoms with Gasteiger partial charge in [0.1, 0.15) is 5.82 Å². The van der Waals surface area contributed by atoms with Gasteiger partial charge < -0.3 is 10.4 Å². The number of aromatic nitrogens is 3. The summed E-state index contributed by atoms with van der Waals surface area (Å²) in [5.41, 5.74) is -0.884. The van der Waals surface area contributed by atoms with Crippen LogP contribution in [0.3, 0.4) is 0 Å². The van der Waals surface area contributed by atoms with Gasteiger partial charge in [-0.05, 0) is 26.2 Å². The molecule has 6 heteroatoms. The maximum Gasteiger partial charge on any atom is 0.291 e. The fraction of sp³-hybridized carbons (Fsp3) is 0.727. The summed E-state index contributed by atoms with van der Waals surface area (Å²) in [6.45, 7) is 3.75. The number of amides is 1. The van der Waals surface area contributed by atoms with E-state index in [1.165, 1.54) is 0 Å². The number of nitrogens with zero attached hydrogens (tertiary/aromatic N) is 2. The molecule has 94 valence electrons. The van der Waals surface area contributed by atoms with Crippen LogP contribution in [0.1, 0.15) is 55.5 Å². The number of carbonyl (C=O) groups excluding carboxylic acids is 1. The van der Waals surface area contributed by atoms with E-state index in [1.54, 1.807) is 6.92 Å². The average Bonchev–Trinajstić information content (AvgIpc) is 3.04. The molecule has 2 rings (SSSR count). The van der Waals surface area contributed by atoms with Gasteiger partial charge in [-0.3, -0.25) is 9.89 Å². The molecular weight excluding hydrogens is 220 g/mol. The monoisotopic (exact) mass is 238 g/mol. The quantitative estimate of drug-likeness (QED) is 0.699. The van der Waals surface area contributed by atoms with Gasteiger partial charge >= 0.3 is 0 Å². The van der Waals surface area contributed by atoms with Crippen LogP contribution >= 0.6 is 0 Å². The Morgan fingerprint density at radius 1 is 1.65 bits per heavy atom. The largest absolute Gasteiger partial charge is 0.388 e. The molecule has 1 aromatic rings. The molecule has 6 nitrogen and oxygen atoms in total. The van der Waals surface area contributed by atoms with Crippen molar-refractivity contribution in [2.45, 2.75) is 44.6 Å². The average molecular weight is 238 g/mol. The van der Waals surface area contributed by atoms with Crippen LogP contribution in [0.15, 0.2) is 0 Å². The molecule has 17 heavy (non-hydrogen) atoms. The van der Waals surface area contributed by atoms with Crippen LogP contribution in [0.25, 0.3) is 0 Å². The van der Waals surface area contributed by atoms with Gasteiger partial charge in [-0.15, -0.1) is 5.10 Å². The number of hydrogen-bond acceptors (Lipinski definition) is 4. The van der Waals surface area contributed by atoms with E-state index in [1.807, 2.05) is 6.92 Å². The second kappa shape index (κ2) is 4.44. The molecule has 1 fully saturated rings. The second-order valence-corrected chi connectivity index (χ2v) is 4.85. The van der Waals surface area contributed by atoms with Crippen LogP contribution in [0, 0.1) is 0 Å². The van der Waals surface area contributed by atoms with E-state index < -0.39 is 5.60 Å². The standard InChI is InChI=1S/C11H18N4O2/c1-3-11(2,17)6-12-10(16)9-13-8(14-15-9)7-4-5-7/h7,17H,3-6H2,1-2H3,(H,12,16)(H,13,14,15). The zero-order valence-electron chi connectivity index (χ0n) is 10.2. The van der Waals surface area contributed by atoms with E-state index in [9.17, 15) is 9.90 Å². The summed E-state index contributed by atoms with van der Waals surface area (Å²) in [5.74, 6) is 1.04. The first kappa shape index (κ1) is 12.0. The number of nitrogens with one attached hydrogen (secondary N) is 2. The molecular formula is C11H18N4O2. The minimum Gasteiger partial charge on any atom is -0.388 e. The smallest absolute Gasteiger partial charge is 0.291 e. The van der Waals surface area contributed by atoms with E-state index >= 15 is 0 Å².